The van der Waals surface area contributed by atoms with Gasteiger partial charge in [0, 0.05) is 0 Å². The van der Waals surface area contributed by atoms with Crippen LogP contribution >= 0.6 is 11.6 Å². The highest BCUT2D eigenvalue weighted by atomic mass is 35.5. The molecule has 0 unspecified atom stereocenters. The standard InChI is InChI=1S/C6H12ClNO3/c1-6(3-9,4-10)8-5(11)2-7/h9-10H,2-4H2,1H3,(H,8,11). The Kier molecular flexibility index (Phi) is 4.40. The molecule has 0 saturated heterocycles. The van der Waals surface area contributed by atoms with E-state index in [0.29, 0.717) is 0 Å². The van der Waals surface area contributed by atoms with Gasteiger partial charge < -0.3 is 15.5 Å². The highest BCUT2D eigenvalue weighted by Gasteiger charge is 2.23. The monoisotopic (exact) mass is 181 g/mol. The van der Waals surface area contributed by atoms with E-state index < -0.39 is 11.4 Å². The zero-order valence-corrected chi connectivity index (χ0v) is 7.06. The van der Waals surface area contributed by atoms with E-state index in [0.717, 1.165) is 0 Å². The summed E-state index contributed by atoms with van der Waals surface area (Å²) in [4.78, 5) is 10.7. The van der Waals surface area contributed by atoms with Gasteiger partial charge in [-0.3, -0.25) is 4.79 Å². The van der Waals surface area contributed by atoms with Crippen molar-refractivity contribution in [3.8, 4) is 0 Å². The first-order valence-corrected chi connectivity index (χ1v) is 3.70. The van der Waals surface area contributed by atoms with Crippen LogP contribution in [0, 0.1) is 0 Å². The fourth-order valence-electron chi connectivity index (χ4n) is 0.499. The summed E-state index contributed by atoms with van der Waals surface area (Å²) in [7, 11) is 0. The minimum atomic E-state index is -0.966. The van der Waals surface area contributed by atoms with Gasteiger partial charge in [-0.25, -0.2) is 0 Å². The predicted octanol–water partition coefficient (Wildman–Crippen LogP) is -0.915. The Labute approximate surface area is 70.2 Å². The molecule has 0 spiro atoms. The largest absolute Gasteiger partial charge is 0.394 e. The lowest BCUT2D eigenvalue weighted by atomic mass is 10.1. The van der Waals surface area contributed by atoms with Crippen LogP contribution in [0.5, 0.6) is 0 Å². The molecule has 66 valence electrons. The van der Waals surface area contributed by atoms with Gasteiger partial charge in [-0.1, -0.05) is 0 Å². The highest BCUT2D eigenvalue weighted by molar-refractivity contribution is 6.27. The predicted molar refractivity (Wildman–Crippen MR) is 41.4 cm³/mol. The Morgan fingerprint density at radius 1 is 1.55 bits per heavy atom. The number of alkyl halides is 1. The number of carbonyl (C=O) groups is 1. The quantitative estimate of drug-likeness (QED) is 0.492. The van der Waals surface area contributed by atoms with Crippen molar-refractivity contribution in [1.29, 1.82) is 0 Å². The van der Waals surface area contributed by atoms with Crippen molar-refractivity contribution in [3.63, 3.8) is 0 Å². The normalized spacial score (nSPS) is 11.3. The van der Waals surface area contributed by atoms with Gasteiger partial charge in [-0.05, 0) is 6.92 Å². The molecule has 0 fully saturated rings. The summed E-state index contributed by atoms with van der Waals surface area (Å²) in [5.74, 6) is -0.576. The molecule has 0 aromatic rings. The van der Waals surface area contributed by atoms with E-state index in [1.54, 1.807) is 0 Å². The average Bonchev–Trinajstić information content (AvgIpc) is 2.04. The van der Waals surface area contributed by atoms with Crippen LogP contribution in [0.15, 0.2) is 0 Å². The summed E-state index contributed by atoms with van der Waals surface area (Å²) >= 11 is 5.20. The maximum absolute atomic E-state index is 10.7. The Balaban J connectivity index is 3.96. The van der Waals surface area contributed by atoms with E-state index in [1.807, 2.05) is 0 Å². The second kappa shape index (κ2) is 4.54. The molecule has 0 aliphatic heterocycles. The van der Waals surface area contributed by atoms with Gasteiger partial charge in [0.25, 0.3) is 0 Å². The Morgan fingerprint density at radius 2 is 2.00 bits per heavy atom. The lowest BCUT2D eigenvalue weighted by molar-refractivity contribution is -0.121. The lowest BCUT2D eigenvalue weighted by Gasteiger charge is -2.25. The van der Waals surface area contributed by atoms with Crippen molar-refractivity contribution in [2.45, 2.75) is 12.5 Å². The van der Waals surface area contributed by atoms with Crippen LogP contribution in [0.2, 0.25) is 0 Å². The van der Waals surface area contributed by atoms with Crippen LogP contribution < -0.4 is 5.32 Å². The third-order valence-electron chi connectivity index (χ3n) is 1.26. The highest BCUT2D eigenvalue weighted by Crippen LogP contribution is 1.99. The number of rotatable bonds is 4. The minimum absolute atomic E-state index is 0.171. The molecule has 1 amide bonds. The number of aliphatic hydroxyl groups is 2. The molecule has 5 heteroatoms. The van der Waals surface area contributed by atoms with E-state index in [-0.39, 0.29) is 19.1 Å². The Morgan fingerprint density at radius 3 is 2.27 bits per heavy atom. The van der Waals surface area contributed by atoms with E-state index >= 15 is 0 Å². The maximum atomic E-state index is 10.7. The second-order valence-electron chi connectivity index (χ2n) is 2.56. The molecular weight excluding hydrogens is 170 g/mol. The van der Waals surface area contributed by atoms with Crippen LogP contribution in [0.25, 0.3) is 0 Å². The number of nitrogens with one attached hydrogen (secondary N) is 1. The van der Waals surface area contributed by atoms with Crippen LogP contribution in [0.3, 0.4) is 0 Å². The topological polar surface area (TPSA) is 69.6 Å². The van der Waals surface area contributed by atoms with Crippen molar-refractivity contribution in [3.05, 3.63) is 0 Å². The zero-order chi connectivity index (χ0) is 8.91. The Hall–Kier alpha value is -0.320. The van der Waals surface area contributed by atoms with Crippen LogP contribution in [-0.4, -0.2) is 40.8 Å². The molecule has 0 aromatic carbocycles. The first kappa shape index (κ1) is 10.7. The van der Waals surface area contributed by atoms with Gasteiger partial charge in [0.1, 0.15) is 5.88 Å². The molecule has 0 rings (SSSR count). The van der Waals surface area contributed by atoms with Gasteiger partial charge in [0.2, 0.25) is 5.91 Å². The molecule has 0 aliphatic rings. The molecule has 0 atom stereocenters. The second-order valence-corrected chi connectivity index (χ2v) is 2.83. The summed E-state index contributed by atoms with van der Waals surface area (Å²) in [6, 6.07) is 0. The van der Waals surface area contributed by atoms with Crippen molar-refractivity contribution in [2.24, 2.45) is 0 Å². The summed E-state index contributed by atoms with van der Waals surface area (Å²) < 4.78 is 0. The molecule has 3 N–H and O–H groups in total. The van der Waals surface area contributed by atoms with Crippen molar-refractivity contribution in [2.75, 3.05) is 19.1 Å². The van der Waals surface area contributed by atoms with Gasteiger partial charge in [0.05, 0.1) is 18.8 Å². The average molecular weight is 182 g/mol. The lowest BCUT2D eigenvalue weighted by Crippen LogP contribution is -2.52. The fraction of sp³-hybridized carbons (Fsp3) is 0.833. The van der Waals surface area contributed by atoms with Crippen LogP contribution in [0.1, 0.15) is 6.92 Å². The maximum Gasteiger partial charge on any atom is 0.235 e. The smallest absolute Gasteiger partial charge is 0.235 e. The van der Waals surface area contributed by atoms with Gasteiger partial charge in [-0.15, -0.1) is 11.6 Å². The van der Waals surface area contributed by atoms with E-state index in [2.05, 4.69) is 5.32 Å². The van der Waals surface area contributed by atoms with Crippen LogP contribution in [-0.2, 0) is 4.79 Å². The van der Waals surface area contributed by atoms with E-state index in [1.165, 1.54) is 6.92 Å². The molecule has 0 saturated carbocycles. The summed E-state index contributed by atoms with van der Waals surface area (Å²) in [6.07, 6.45) is 0. The van der Waals surface area contributed by atoms with Crippen LogP contribution in [0.4, 0.5) is 0 Å². The van der Waals surface area contributed by atoms with Gasteiger partial charge in [-0.2, -0.15) is 0 Å². The molecular formula is C6H12ClNO3. The summed E-state index contributed by atoms with van der Waals surface area (Å²) in [5.41, 5.74) is -0.966. The third kappa shape index (κ3) is 3.55. The first-order chi connectivity index (χ1) is 5.08. The molecule has 0 aliphatic carbocycles. The van der Waals surface area contributed by atoms with E-state index in [4.69, 9.17) is 21.8 Å². The number of amides is 1. The fourth-order valence-corrected chi connectivity index (χ4v) is 0.566. The molecule has 4 nitrogen and oxygen atoms in total. The number of aliphatic hydroxyl groups excluding tert-OH is 2. The molecule has 0 radical (unpaired) electrons. The summed E-state index contributed by atoms with van der Waals surface area (Å²) in [5, 5.41) is 19.8. The molecule has 0 bridgehead atoms. The number of hydrogen-bond acceptors (Lipinski definition) is 3. The van der Waals surface area contributed by atoms with Crippen molar-refractivity contribution >= 4 is 17.5 Å². The Bertz CT molecular complexity index is 136. The zero-order valence-electron chi connectivity index (χ0n) is 6.30. The SMILES string of the molecule is CC(CO)(CO)NC(=O)CCl. The van der Waals surface area contributed by atoms with Crippen molar-refractivity contribution < 1.29 is 15.0 Å². The molecule has 11 heavy (non-hydrogen) atoms. The number of carbonyl (C=O) groups excluding carboxylic acids is 1. The van der Waals surface area contributed by atoms with Gasteiger partial charge in [0.15, 0.2) is 0 Å². The first-order valence-electron chi connectivity index (χ1n) is 3.16. The minimum Gasteiger partial charge on any atom is -0.394 e. The van der Waals surface area contributed by atoms with Gasteiger partial charge >= 0.3 is 0 Å². The summed E-state index contributed by atoms with van der Waals surface area (Å²) in [6.45, 7) is 0.899. The number of hydrogen-bond donors (Lipinski definition) is 3. The third-order valence-corrected chi connectivity index (χ3v) is 1.50. The molecule has 0 heterocycles. The van der Waals surface area contributed by atoms with Crippen molar-refractivity contribution in [1.82, 2.24) is 5.32 Å². The van der Waals surface area contributed by atoms with E-state index in [9.17, 15) is 4.79 Å². The molecule has 0 aromatic heterocycles. The number of halogens is 1.